The van der Waals surface area contributed by atoms with Gasteiger partial charge in [-0.3, -0.25) is 0 Å². The molecule has 0 aliphatic carbocycles. The highest BCUT2D eigenvalue weighted by atomic mass is 35.5. The van der Waals surface area contributed by atoms with Gasteiger partial charge in [0.2, 0.25) is 0 Å². The van der Waals surface area contributed by atoms with Crippen LogP contribution >= 0.6 is 11.6 Å². The lowest BCUT2D eigenvalue weighted by Crippen LogP contribution is -2.08. The number of imidazole rings is 1. The molecule has 1 unspecified atom stereocenters. The maximum atomic E-state index is 10.1. The molecule has 0 aliphatic rings. The van der Waals surface area contributed by atoms with Crippen LogP contribution in [0.25, 0.3) is 11.0 Å². The molecule has 3 rings (SSSR count). The van der Waals surface area contributed by atoms with Crippen LogP contribution in [-0.4, -0.2) is 21.3 Å². The lowest BCUT2D eigenvalue weighted by Gasteiger charge is -2.12. The third kappa shape index (κ3) is 4.19. The summed E-state index contributed by atoms with van der Waals surface area (Å²) in [5, 5.41) is 10.8. The molecule has 1 heterocycles. The van der Waals surface area contributed by atoms with E-state index in [2.05, 4.69) is 22.5 Å². The normalized spacial score (nSPS) is 12.5. The molecule has 0 saturated carbocycles. The van der Waals surface area contributed by atoms with Crippen molar-refractivity contribution < 1.29 is 9.84 Å². The number of halogens is 1. The van der Waals surface area contributed by atoms with E-state index >= 15 is 0 Å². The van der Waals surface area contributed by atoms with Crippen LogP contribution in [0.2, 0.25) is 5.02 Å². The molecule has 0 fully saturated rings. The number of aryl methyl sites for hydroxylation is 3. The minimum Gasteiger partial charge on any atom is -0.494 e. The standard InChI is InChI=1S/C21H25ClN2O2/c1-14-6-9-19-20(12-14)24(21(23-19)16(3)25)10-4-5-11-26-17-8-7-15(2)18(22)13-17/h6-9,12-13,16,25H,4-5,10-11H2,1-3H3. The average molecular weight is 373 g/mol. The maximum Gasteiger partial charge on any atom is 0.138 e. The van der Waals surface area contributed by atoms with Crippen LogP contribution < -0.4 is 4.74 Å². The Labute approximate surface area is 159 Å². The zero-order valence-corrected chi connectivity index (χ0v) is 16.3. The van der Waals surface area contributed by atoms with Gasteiger partial charge in [0.1, 0.15) is 17.7 Å². The molecule has 0 saturated heterocycles. The summed E-state index contributed by atoms with van der Waals surface area (Å²) in [7, 11) is 0. The average Bonchev–Trinajstić information content (AvgIpc) is 2.96. The van der Waals surface area contributed by atoms with Gasteiger partial charge in [-0.25, -0.2) is 4.98 Å². The number of ether oxygens (including phenoxy) is 1. The number of benzene rings is 2. The second-order valence-electron chi connectivity index (χ2n) is 6.76. The zero-order valence-electron chi connectivity index (χ0n) is 15.5. The van der Waals surface area contributed by atoms with Crippen LogP contribution in [-0.2, 0) is 6.54 Å². The second-order valence-corrected chi connectivity index (χ2v) is 7.16. The first kappa shape index (κ1) is 18.7. The van der Waals surface area contributed by atoms with Crippen molar-refractivity contribution in [2.24, 2.45) is 0 Å². The van der Waals surface area contributed by atoms with Gasteiger partial charge in [-0.15, -0.1) is 0 Å². The van der Waals surface area contributed by atoms with Gasteiger partial charge in [0.05, 0.1) is 17.6 Å². The van der Waals surface area contributed by atoms with Gasteiger partial charge in [0.25, 0.3) is 0 Å². The minimum atomic E-state index is -0.589. The van der Waals surface area contributed by atoms with Gasteiger partial charge in [0.15, 0.2) is 0 Å². The maximum absolute atomic E-state index is 10.1. The number of rotatable bonds is 7. The Hall–Kier alpha value is -2.04. The summed E-state index contributed by atoms with van der Waals surface area (Å²) in [6.07, 6.45) is 1.27. The number of hydrogen-bond acceptors (Lipinski definition) is 3. The van der Waals surface area contributed by atoms with E-state index in [4.69, 9.17) is 16.3 Å². The van der Waals surface area contributed by atoms with Gasteiger partial charge < -0.3 is 14.4 Å². The Bertz CT molecular complexity index is 902. The quantitative estimate of drug-likeness (QED) is 0.578. The molecule has 0 spiro atoms. The molecule has 1 N–H and O–H groups in total. The minimum absolute atomic E-state index is 0.589. The monoisotopic (exact) mass is 372 g/mol. The summed E-state index contributed by atoms with van der Waals surface area (Å²) in [5.41, 5.74) is 4.24. The Morgan fingerprint density at radius 2 is 1.96 bits per heavy atom. The van der Waals surface area contributed by atoms with Crippen LogP contribution in [0.3, 0.4) is 0 Å². The highest BCUT2D eigenvalue weighted by molar-refractivity contribution is 6.31. The summed E-state index contributed by atoms with van der Waals surface area (Å²) < 4.78 is 7.91. The highest BCUT2D eigenvalue weighted by Crippen LogP contribution is 2.24. The molecule has 5 heteroatoms. The van der Waals surface area contributed by atoms with E-state index in [9.17, 15) is 5.11 Å². The number of aliphatic hydroxyl groups is 1. The fraction of sp³-hybridized carbons (Fsp3) is 0.381. The van der Waals surface area contributed by atoms with Crippen molar-refractivity contribution in [3.05, 3.63) is 58.4 Å². The second kappa shape index (κ2) is 8.11. The van der Waals surface area contributed by atoms with Gasteiger partial charge in [-0.1, -0.05) is 23.7 Å². The predicted octanol–water partition coefficient (Wildman–Crippen LogP) is 5.22. The van der Waals surface area contributed by atoms with Crippen molar-refractivity contribution in [3.63, 3.8) is 0 Å². The van der Waals surface area contributed by atoms with Crippen LogP contribution in [0.5, 0.6) is 5.75 Å². The fourth-order valence-electron chi connectivity index (χ4n) is 3.03. The van der Waals surface area contributed by atoms with E-state index in [1.54, 1.807) is 6.92 Å². The van der Waals surface area contributed by atoms with Crippen molar-refractivity contribution in [1.29, 1.82) is 0 Å². The Morgan fingerprint density at radius 3 is 2.69 bits per heavy atom. The third-order valence-corrected chi connectivity index (χ3v) is 4.90. The molecule has 0 aliphatic heterocycles. The van der Waals surface area contributed by atoms with E-state index in [0.29, 0.717) is 6.61 Å². The van der Waals surface area contributed by atoms with Crippen molar-refractivity contribution in [2.45, 2.75) is 46.3 Å². The van der Waals surface area contributed by atoms with Crippen LogP contribution in [0, 0.1) is 13.8 Å². The third-order valence-electron chi connectivity index (χ3n) is 4.50. The molecule has 138 valence electrons. The lowest BCUT2D eigenvalue weighted by atomic mass is 10.2. The van der Waals surface area contributed by atoms with Gasteiger partial charge in [-0.05, 0) is 69.0 Å². The highest BCUT2D eigenvalue weighted by Gasteiger charge is 2.14. The molecule has 0 bridgehead atoms. The summed E-state index contributed by atoms with van der Waals surface area (Å²) in [4.78, 5) is 4.58. The molecular formula is C21H25ClN2O2. The van der Waals surface area contributed by atoms with E-state index in [-0.39, 0.29) is 0 Å². The Kier molecular flexibility index (Phi) is 5.84. The van der Waals surface area contributed by atoms with Gasteiger partial charge >= 0.3 is 0 Å². The summed E-state index contributed by atoms with van der Waals surface area (Å²) in [6.45, 7) is 7.24. The first-order valence-electron chi connectivity index (χ1n) is 8.99. The molecule has 0 amide bonds. The van der Waals surface area contributed by atoms with Crippen LogP contribution in [0.15, 0.2) is 36.4 Å². The van der Waals surface area contributed by atoms with Crippen molar-refractivity contribution >= 4 is 22.6 Å². The van der Waals surface area contributed by atoms with Crippen molar-refractivity contribution in [2.75, 3.05) is 6.61 Å². The molecule has 2 aromatic carbocycles. The van der Waals surface area contributed by atoms with Gasteiger partial charge in [-0.2, -0.15) is 0 Å². The van der Waals surface area contributed by atoms with E-state index in [1.807, 2.05) is 37.3 Å². The summed E-state index contributed by atoms with van der Waals surface area (Å²) >= 11 is 6.12. The number of aromatic nitrogens is 2. The van der Waals surface area contributed by atoms with E-state index in [0.717, 1.165) is 52.6 Å². The van der Waals surface area contributed by atoms with Crippen LogP contribution in [0.1, 0.15) is 42.8 Å². The number of aliphatic hydroxyl groups excluding tert-OH is 1. The summed E-state index contributed by atoms with van der Waals surface area (Å²) in [6, 6.07) is 11.9. The van der Waals surface area contributed by atoms with E-state index in [1.165, 1.54) is 5.56 Å². The molecule has 0 radical (unpaired) electrons. The number of hydrogen-bond donors (Lipinski definition) is 1. The van der Waals surface area contributed by atoms with Crippen molar-refractivity contribution in [1.82, 2.24) is 9.55 Å². The molecule has 1 aromatic heterocycles. The number of unbranched alkanes of at least 4 members (excludes halogenated alkanes) is 1. The summed E-state index contributed by atoms with van der Waals surface area (Å²) in [5.74, 6) is 1.52. The Balaban J connectivity index is 1.61. The fourth-order valence-corrected chi connectivity index (χ4v) is 3.20. The zero-order chi connectivity index (χ0) is 18.7. The SMILES string of the molecule is Cc1ccc2nc(C(C)O)n(CCCCOc3ccc(C)c(Cl)c3)c2c1. The molecular weight excluding hydrogens is 348 g/mol. The van der Waals surface area contributed by atoms with E-state index < -0.39 is 6.10 Å². The Morgan fingerprint density at radius 1 is 1.15 bits per heavy atom. The number of nitrogens with zero attached hydrogens (tertiary/aromatic N) is 2. The smallest absolute Gasteiger partial charge is 0.138 e. The topological polar surface area (TPSA) is 47.3 Å². The predicted molar refractivity (Wildman–Crippen MR) is 106 cm³/mol. The largest absolute Gasteiger partial charge is 0.494 e. The van der Waals surface area contributed by atoms with Gasteiger partial charge in [0, 0.05) is 11.6 Å². The molecule has 1 atom stereocenters. The lowest BCUT2D eigenvalue weighted by molar-refractivity contribution is 0.184. The van der Waals surface area contributed by atoms with Crippen LogP contribution in [0.4, 0.5) is 0 Å². The molecule has 4 nitrogen and oxygen atoms in total. The molecule has 3 aromatic rings. The number of fused-ring (bicyclic) bond motifs is 1. The molecule has 26 heavy (non-hydrogen) atoms. The first-order valence-corrected chi connectivity index (χ1v) is 9.37. The van der Waals surface area contributed by atoms with Crippen molar-refractivity contribution in [3.8, 4) is 5.75 Å². The first-order chi connectivity index (χ1) is 12.5.